The number of nitrogens with zero attached hydrogens (tertiary/aromatic N) is 4. The second-order valence-corrected chi connectivity index (χ2v) is 8.33. The molecule has 1 saturated heterocycles. The van der Waals surface area contributed by atoms with E-state index in [-0.39, 0.29) is 24.2 Å². The SMILES string of the molecule is Cn1nccc1Cc1ccc2c(c1)CCN2C(=O)C1CC(=O)N(c2cccc(N)c2)C1. The third-order valence-corrected chi connectivity index (χ3v) is 6.27. The van der Waals surface area contributed by atoms with E-state index in [0.717, 1.165) is 29.9 Å². The fourth-order valence-corrected chi connectivity index (χ4v) is 4.61. The van der Waals surface area contributed by atoms with Crippen molar-refractivity contribution >= 4 is 28.9 Å². The van der Waals surface area contributed by atoms with Crippen molar-refractivity contribution in [1.82, 2.24) is 9.78 Å². The van der Waals surface area contributed by atoms with Crippen molar-refractivity contribution in [2.75, 3.05) is 28.6 Å². The molecule has 7 nitrogen and oxygen atoms in total. The highest BCUT2D eigenvalue weighted by molar-refractivity contribution is 6.05. The highest BCUT2D eigenvalue weighted by Crippen LogP contribution is 2.34. The predicted molar refractivity (Wildman–Crippen MR) is 120 cm³/mol. The Morgan fingerprint density at radius 2 is 2.06 bits per heavy atom. The zero-order chi connectivity index (χ0) is 21.5. The molecule has 2 aliphatic rings. The molecule has 5 rings (SSSR count). The number of hydrogen-bond acceptors (Lipinski definition) is 4. The third-order valence-electron chi connectivity index (χ3n) is 6.27. The summed E-state index contributed by atoms with van der Waals surface area (Å²) in [6, 6.07) is 15.6. The Bertz CT molecular complexity index is 1170. The molecule has 158 valence electrons. The quantitative estimate of drug-likeness (QED) is 0.664. The van der Waals surface area contributed by atoms with Gasteiger partial charge in [0.25, 0.3) is 0 Å². The van der Waals surface area contributed by atoms with Gasteiger partial charge in [-0.2, -0.15) is 5.10 Å². The highest BCUT2D eigenvalue weighted by Gasteiger charge is 2.39. The fourth-order valence-electron chi connectivity index (χ4n) is 4.61. The highest BCUT2D eigenvalue weighted by atomic mass is 16.2. The van der Waals surface area contributed by atoms with Crippen LogP contribution in [0.25, 0.3) is 0 Å². The van der Waals surface area contributed by atoms with Crippen LogP contribution in [0, 0.1) is 5.92 Å². The molecule has 2 N–H and O–H groups in total. The summed E-state index contributed by atoms with van der Waals surface area (Å²) in [6.45, 7) is 1.05. The van der Waals surface area contributed by atoms with Crippen LogP contribution in [-0.2, 0) is 29.5 Å². The van der Waals surface area contributed by atoms with E-state index in [1.807, 2.05) is 40.9 Å². The Morgan fingerprint density at radius 3 is 2.84 bits per heavy atom. The van der Waals surface area contributed by atoms with Crippen molar-refractivity contribution < 1.29 is 9.59 Å². The standard InChI is InChI=1S/C24H25N5O2/c1-27-20(7-9-26-27)12-16-5-6-22-17(11-16)8-10-28(22)24(31)18-13-23(30)29(15-18)21-4-2-3-19(25)14-21/h2-7,9,11,14,18H,8,10,12-13,15,25H2,1H3. The first-order valence-electron chi connectivity index (χ1n) is 10.6. The van der Waals surface area contributed by atoms with E-state index in [2.05, 4.69) is 17.2 Å². The van der Waals surface area contributed by atoms with Gasteiger partial charge in [-0.1, -0.05) is 18.2 Å². The monoisotopic (exact) mass is 415 g/mol. The Kier molecular flexibility index (Phi) is 4.73. The van der Waals surface area contributed by atoms with Crippen LogP contribution < -0.4 is 15.5 Å². The first-order valence-corrected chi connectivity index (χ1v) is 10.6. The minimum Gasteiger partial charge on any atom is -0.399 e. The lowest BCUT2D eigenvalue weighted by molar-refractivity contribution is -0.124. The second kappa shape index (κ2) is 7.58. The molecule has 0 saturated carbocycles. The number of hydrogen-bond donors (Lipinski definition) is 1. The smallest absolute Gasteiger partial charge is 0.232 e. The molecule has 1 fully saturated rings. The van der Waals surface area contributed by atoms with Crippen molar-refractivity contribution in [1.29, 1.82) is 0 Å². The lowest BCUT2D eigenvalue weighted by Crippen LogP contribution is -2.36. The van der Waals surface area contributed by atoms with Crippen LogP contribution in [0.1, 0.15) is 23.2 Å². The largest absolute Gasteiger partial charge is 0.399 e. The summed E-state index contributed by atoms with van der Waals surface area (Å²) in [4.78, 5) is 29.4. The van der Waals surface area contributed by atoms with Gasteiger partial charge in [0.1, 0.15) is 0 Å². The average molecular weight is 415 g/mol. The van der Waals surface area contributed by atoms with Crippen molar-refractivity contribution in [3.8, 4) is 0 Å². The van der Waals surface area contributed by atoms with Crippen molar-refractivity contribution in [3.05, 3.63) is 71.5 Å². The van der Waals surface area contributed by atoms with Gasteiger partial charge in [0.15, 0.2) is 0 Å². The minimum atomic E-state index is -0.339. The molecule has 2 amide bonds. The molecule has 31 heavy (non-hydrogen) atoms. The number of fused-ring (bicyclic) bond motifs is 1. The van der Waals surface area contributed by atoms with Gasteiger partial charge in [0.2, 0.25) is 11.8 Å². The molecule has 0 aliphatic carbocycles. The first-order chi connectivity index (χ1) is 15.0. The van der Waals surface area contributed by atoms with Gasteiger partial charge in [-0.15, -0.1) is 0 Å². The van der Waals surface area contributed by atoms with E-state index in [9.17, 15) is 9.59 Å². The average Bonchev–Trinajstić information content (AvgIpc) is 3.46. The van der Waals surface area contributed by atoms with Gasteiger partial charge >= 0.3 is 0 Å². The Labute approximate surface area is 181 Å². The fraction of sp³-hybridized carbons (Fsp3) is 0.292. The van der Waals surface area contributed by atoms with E-state index in [0.29, 0.717) is 18.8 Å². The van der Waals surface area contributed by atoms with Crippen LogP contribution in [0.3, 0.4) is 0 Å². The van der Waals surface area contributed by atoms with Crippen LogP contribution in [0.2, 0.25) is 0 Å². The number of anilines is 3. The molecular formula is C24H25N5O2. The van der Waals surface area contributed by atoms with Crippen LogP contribution in [0.4, 0.5) is 17.1 Å². The minimum absolute atomic E-state index is 0.0258. The number of carbonyl (C=O) groups excluding carboxylic acids is 2. The summed E-state index contributed by atoms with van der Waals surface area (Å²) in [5, 5.41) is 4.23. The number of nitrogen functional groups attached to an aromatic ring is 1. The summed E-state index contributed by atoms with van der Waals surface area (Å²) in [7, 11) is 1.94. The number of carbonyl (C=O) groups is 2. The third kappa shape index (κ3) is 3.56. The van der Waals surface area contributed by atoms with Crippen LogP contribution in [-0.4, -0.2) is 34.7 Å². The number of nitrogens with two attached hydrogens (primary N) is 1. The molecule has 0 bridgehead atoms. The molecule has 7 heteroatoms. The summed E-state index contributed by atoms with van der Waals surface area (Å²) in [6.07, 6.45) is 3.68. The second-order valence-electron chi connectivity index (χ2n) is 8.33. The maximum atomic E-state index is 13.3. The maximum Gasteiger partial charge on any atom is 0.232 e. The summed E-state index contributed by atoms with van der Waals surface area (Å²) < 4.78 is 1.88. The maximum absolute atomic E-state index is 13.3. The molecule has 3 aromatic rings. The number of benzene rings is 2. The Hall–Kier alpha value is -3.61. The van der Waals surface area contributed by atoms with E-state index in [1.54, 1.807) is 23.2 Å². The van der Waals surface area contributed by atoms with Crippen molar-refractivity contribution in [2.45, 2.75) is 19.3 Å². The molecular weight excluding hydrogens is 390 g/mol. The Morgan fingerprint density at radius 1 is 1.19 bits per heavy atom. The normalized spacial score (nSPS) is 18.0. The van der Waals surface area contributed by atoms with Gasteiger partial charge in [0.05, 0.1) is 5.92 Å². The van der Waals surface area contributed by atoms with Crippen LogP contribution in [0.5, 0.6) is 0 Å². The Balaban J connectivity index is 1.31. The lowest BCUT2D eigenvalue weighted by atomic mass is 10.0. The first kappa shape index (κ1) is 19.4. The van der Waals surface area contributed by atoms with E-state index < -0.39 is 0 Å². The van der Waals surface area contributed by atoms with Gasteiger partial charge in [0, 0.05) is 61.9 Å². The molecule has 2 aromatic carbocycles. The number of aromatic nitrogens is 2. The van der Waals surface area contributed by atoms with Gasteiger partial charge in [-0.05, 0) is 47.9 Å². The van der Waals surface area contributed by atoms with Crippen LogP contribution in [0.15, 0.2) is 54.7 Å². The summed E-state index contributed by atoms with van der Waals surface area (Å²) in [5.41, 5.74) is 11.7. The molecule has 3 heterocycles. The summed E-state index contributed by atoms with van der Waals surface area (Å²) >= 11 is 0. The van der Waals surface area contributed by atoms with E-state index in [4.69, 9.17) is 5.73 Å². The zero-order valence-corrected chi connectivity index (χ0v) is 17.5. The molecule has 1 atom stereocenters. The molecule has 2 aliphatic heterocycles. The van der Waals surface area contributed by atoms with Gasteiger partial charge in [-0.25, -0.2) is 0 Å². The van der Waals surface area contributed by atoms with Crippen LogP contribution >= 0.6 is 0 Å². The number of rotatable bonds is 4. The number of amides is 2. The lowest BCUT2D eigenvalue weighted by Gasteiger charge is -2.22. The van der Waals surface area contributed by atoms with Crippen molar-refractivity contribution in [3.63, 3.8) is 0 Å². The van der Waals surface area contributed by atoms with E-state index in [1.165, 1.54) is 11.1 Å². The summed E-state index contributed by atoms with van der Waals surface area (Å²) in [5.74, 6) is -0.346. The van der Waals surface area contributed by atoms with E-state index >= 15 is 0 Å². The molecule has 0 radical (unpaired) electrons. The van der Waals surface area contributed by atoms with Gasteiger partial charge < -0.3 is 15.5 Å². The van der Waals surface area contributed by atoms with Crippen molar-refractivity contribution in [2.24, 2.45) is 13.0 Å². The molecule has 1 unspecified atom stereocenters. The topological polar surface area (TPSA) is 84.5 Å². The zero-order valence-electron chi connectivity index (χ0n) is 17.5. The predicted octanol–water partition coefficient (Wildman–Crippen LogP) is 2.54. The molecule has 0 spiro atoms. The molecule has 1 aromatic heterocycles. The number of aryl methyl sites for hydroxylation is 1. The van der Waals surface area contributed by atoms with Gasteiger partial charge in [-0.3, -0.25) is 14.3 Å².